The normalized spacial score (nSPS) is 12.0. The first kappa shape index (κ1) is 29.2. The molecule has 2 aromatic carbocycles. The summed E-state index contributed by atoms with van der Waals surface area (Å²) in [7, 11) is -0.478. The molecule has 0 aliphatic carbocycles. The number of hydrogen-bond acceptors (Lipinski definition) is 5. The second-order valence-electron chi connectivity index (χ2n) is 10.5. The molecule has 0 saturated carbocycles. The Morgan fingerprint density at radius 3 is 2.33 bits per heavy atom. The van der Waals surface area contributed by atoms with Crippen molar-refractivity contribution >= 4 is 53.0 Å². The van der Waals surface area contributed by atoms with Gasteiger partial charge in [-0.25, -0.2) is 14.4 Å². The van der Waals surface area contributed by atoms with Crippen LogP contribution in [0.1, 0.15) is 47.1 Å². The van der Waals surface area contributed by atoms with E-state index in [9.17, 15) is 0 Å². The second kappa shape index (κ2) is 11.8. The third-order valence-electron chi connectivity index (χ3n) is 7.44. The maximum absolute atomic E-state index is 16.1. The van der Waals surface area contributed by atoms with Crippen molar-refractivity contribution in [3.05, 3.63) is 58.3 Å². The first-order valence-electron chi connectivity index (χ1n) is 12.9. The van der Waals surface area contributed by atoms with Crippen molar-refractivity contribution in [3.63, 3.8) is 0 Å². The molecule has 39 heavy (non-hydrogen) atoms. The van der Waals surface area contributed by atoms with Gasteiger partial charge in [0.05, 0.1) is 5.39 Å². The van der Waals surface area contributed by atoms with E-state index in [1.807, 2.05) is 24.3 Å². The summed E-state index contributed by atoms with van der Waals surface area (Å²) in [6, 6.07) is 9.54. The molecule has 0 bridgehead atoms. The monoisotopic (exact) mass is 583 g/mol. The van der Waals surface area contributed by atoms with Crippen LogP contribution in [0.4, 0.5) is 4.39 Å². The molecule has 2 heterocycles. The molecule has 0 saturated heterocycles. The summed E-state index contributed by atoms with van der Waals surface area (Å²) in [5, 5.41) is 1.80. The van der Waals surface area contributed by atoms with Gasteiger partial charge < -0.3 is 9.47 Å². The van der Waals surface area contributed by atoms with E-state index in [2.05, 4.69) is 68.0 Å². The van der Waals surface area contributed by atoms with Gasteiger partial charge in [0.1, 0.15) is 30.2 Å². The van der Waals surface area contributed by atoms with E-state index in [-0.39, 0.29) is 33.8 Å². The molecule has 0 spiro atoms. The molecule has 0 aliphatic heterocycles. The van der Waals surface area contributed by atoms with E-state index in [1.54, 1.807) is 13.2 Å². The molecular formula is C30H32Cl2FN3O2Si. The maximum atomic E-state index is 16.1. The van der Waals surface area contributed by atoms with Gasteiger partial charge in [-0.05, 0) is 51.8 Å². The van der Waals surface area contributed by atoms with Crippen LogP contribution in [0, 0.1) is 17.3 Å². The molecule has 2 aromatic heterocycles. The Morgan fingerprint density at radius 1 is 1.00 bits per heavy atom. The van der Waals surface area contributed by atoms with Gasteiger partial charge in [-0.1, -0.05) is 71.2 Å². The number of hydrogen-bond donors (Lipinski definition) is 0. The van der Waals surface area contributed by atoms with Gasteiger partial charge in [0.25, 0.3) is 0 Å². The molecule has 0 aliphatic rings. The third-order valence-corrected chi connectivity index (χ3v) is 14.2. The van der Waals surface area contributed by atoms with Gasteiger partial charge in [-0.2, -0.15) is 0 Å². The van der Waals surface area contributed by atoms with Gasteiger partial charge >= 0.3 is 0 Å². The van der Waals surface area contributed by atoms with Crippen LogP contribution in [0.3, 0.4) is 0 Å². The number of aromatic nitrogens is 3. The van der Waals surface area contributed by atoms with E-state index in [4.69, 9.17) is 32.7 Å². The zero-order chi connectivity index (χ0) is 28.5. The largest absolute Gasteiger partial charge is 0.468 e. The quantitative estimate of drug-likeness (QED) is 0.0714. The van der Waals surface area contributed by atoms with Gasteiger partial charge in [-0.15, -0.1) is 5.54 Å². The summed E-state index contributed by atoms with van der Waals surface area (Å²) >= 11 is 12.2. The zero-order valence-corrected chi connectivity index (χ0v) is 25.7. The van der Waals surface area contributed by atoms with Gasteiger partial charge in [0.15, 0.2) is 12.6 Å². The highest BCUT2D eigenvalue weighted by molar-refractivity contribution is 6.90. The van der Waals surface area contributed by atoms with Crippen LogP contribution in [0.5, 0.6) is 5.75 Å². The molecule has 0 fully saturated rings. The standard InChI is InChI=1S/C30H32Cl2FN3O2Si/c1-17(2)39(18(3)4,19(5)6)12-11-20-9-8-10-21-13-22(38-16-37-7)14-23(25(20)21)27-26(33)28-24(15-34-27)29(31)36-30(32)35-28/h8-10,13-15,17-19H,16H2,1-7H3. The molecule has 5 nitrogen and oxygen atoms in total. The van der Waals surface area contributed by atoms with Gasteiger partial charge in [0.2, 0.25) is 5.28 Å². The number of pyridine rings is 1. The second-order valence-corrected chi connectivity index (χ2v) is 16.8. The van der Waals surface area contributed by atoms with Crippen LogP contribution in [0.15, 0.2) is 36.5 Å². The van der Waals surface area contributed by atoms with E-state index >= 15 is 4.39 Å². The minimum absolute atomic E-state index is 0.00391. The van der Waals surface area contributed by atoms with E-state index in [1.165, 1.54) is 6.20 Å². The molecule has 4 rings (SSSR count). The molecular weight excluding hydrogens is 552 g/mol. The van der Waals surface area contributed by atoms with Crippen molar-refractivity contribution in [2.24, 2.45) is 0 Å². The lowest BCUT2D eigenvalue weighted by molar-refractivity contribution is 0.0512. The molecule has 0 radical (unpaired) electrons. The van der Waals surface area contributed by atoms with Crippen LogP contribution in [0.25, 0.3) is 32.9 Å². The summed E-state index contributed by atoms with van der Waals surface area (Å²) in [5.41, 5.74) is 6.64. The highest BCUT2D eigenvalue weighted by Gasteiger charge is 2.41. The predicted octanol–water partition coefficient (Wildman–Crippen LogP) is 8.84. The zero-order valence-electron chi connectivity index (χ0n) is 23.2. The van der Waals surface area contributed by atoms with Crippen LogP contribution in [-0.2, 0) is 4.74 Å². The molecule has 4 aromatic rings. The Labute approximate surface area is 240 Å². The average Bonchev–Trinajstić information content (AvgIpc) is 2.87. The van der Waals surface area contributed by atoms with Crippen molar-refractivity contribution in [1.29, 1.82) is 0 Å². The highest BCUT2D eigenvalue weighted by atomic mass is 35.5. The average molecular weight is 585 g/mol. The topological polar surface area (TPSA) is 57.1 Å². The highest BCUT2D eigenvalue weighted by Crippen LogP contribution is 2.42. The van der Waals surface area contributed by atoms with E-state index in [0.29, 0.717) is 27.9 Å². The van der Waals surface area contributed by atoms with Crippen molar-refractivity contribution in [2.75, 3.05) is 13.9 Å². The summed E-state index contributed by atoms with van der Waals surface area (Å²) < 4.78 is 27.0. The van der Waals surface area contributed by atoms with Crippen LogP contribution < -0.4 is 4.74 Å². The maximum Gasteiger partial charge on any atom is 0.224 e. The number of fused-ring (bicyclic) bond motifs is 2. The summed E-state index contributed by atoms with van der Waals surface area (Å²) in [6.07, 6.45) is 1.46. The fraction of sp³-hybridized carbons (Fsp3) is 0.367. The molecule has 0 N–H and O–H groups in total. The summed E-state index contributed by atoms with van der Waals surface area (Å²) in [5.74, 6) is 3.41. The summed E-state index contributed by atoms with van der Waals surface area (Å²) in [6.45, 7) is 13.7. The number of methoxy groups -OCH3 is 1. The predicted molar refractivity (Wildman–Crippen MR) is 161 cm³/mol. The third kappa shape index (κ3) is 5.49. The Bertz CT molecular complexity index is 1580. The Kier molecular flexibility index (Phi) is 8.82. The molecule has 0 unspecified atom stereocenters. The van der Waals surface area contributed by atoms with Gasteiger partial charge in [-0.3, -0.25) is 4.98 Å². The van der Waals surface area contributed by atoms with Crippen molar-refractivity contribution in [3.8, 4) is 28.5 Å². The van der Waals surface area contributed by atoms with Crippen LogP contribution in [0.2, 0.25) is 27.1 Å². The fourth-order valence-corrected chi connectivity index (χ4v) is 11.3. The number of nitrogens with zero attached hydrogens (tertiary/aromatic N) is 3. The van der Waals surface area contributed by atoms with Crippen LogP contribution in [-0.4, -0.2) is 36.9 Å². The minimum Gasteiger partial charge on any atom is -0.468 e. The molecule has 204 valence electrons. The Morgan fingerprint density at radius 2 is 1.69 bits per heavy atom. The first-order valence-corrected chi connectivity index (χ1v) is 15.9. The molecule has 0 amide bonds. The van der Waals surface area contributed by atoms with Gasteiger partial charge in [0, 0.05) is 29.8 Å². The SMILES string of the molecule is COCOc1cc(-c2ncc3c(Cl)nc(Cl)nc3c2F)c2c(C#C[Si](C(C)C)(C(C)C)C(C)C)cccc2c1. The Hall–Kier alpha value is -2.76. The lowest BCUT2D eigenvalue weighted by Crippen LogP contribution is -2.43. The lowest BCUT2D eigenvalue weighted by Gasteiger charge is -2.38. The Balaban J connectivity index is 2.06. The number of rotatable bonds is 7. The number of halogens is 3. The van der Waals surface area contributed by atoms with Crippen LogP contribution >= 0.6 is 23.2 Å². The minimum atomic E-state index is -2.02. The lowest BCUT2D eigenvalue weighted by atomic mass is 9.96. The fourth-order valence-electron chi connectivity index (χ4n) is 5.69. The van der Waals surface area contributed by atoms with E-state index < -0.39 is 13.9 Å². The van der Waals surface area contributed by atoms with Crippen molar-refractivity contribution in [1.82, 2.24) is 15.0 Å². The van der Waals surface area contributed by atoms with Crippen molar-refractivity contribution in [2.45, 2.75) is 58.2 Å². The smallest absolute Gasteiger partial charge is 0.224 e. The first-order chi connectivity index (χ1) is 18.5. The number of ether oxygens (including phenoxy) is 2. The van der Waals surface area contributed by atoms with E-state index in [0.717, 1.165) is 16.3 Å². The summed E-state index contributed by atoms with van der Waals surface area (Å²) in [4.78, 5) is 12.5. The molecule has 9 heteroatoms. The number of benzene rings is 2. The molecule has 0 atom stereocenters. The van der Waals surface area contributed by atoms with Crippen molar-refractivity contribution < 1.29 is 13.9 Å².